The number of hydrogen-bond acceptors (Lipinski definition) is 4. The first-order valence-electron chi connectivity index (χ1n) is 11.5. The van der Waals surface area contributed by atoms with Gasteiger partial charge in [-0.2, -0.15) is 0 Å². The van der Waals surface area contributed by atoms with Crippen LogP contribution in [0.1, 0.15) is 57.8 Å². The van der Waals surface area contributed by atoms with E-state index in [2.05, 4.69) is 42.0 Å². The van der Waals surface area contributed by atoms with E-state index >= 15 is 0 Å². The quantitative estimate of drug-likeness (QED) is 0.235. The number of carboxylic acid groups (broad SMARTS) is 1. The molecular weight excluding hydrogens is 629 g/mol. The predicted octanol–water partition coefficient (Wildman–Crippen LogP) is 6.99. The molecule has 0 amide bonds. The summed E-state index contributed by atoms with van der Waals surface area (Å²) in [6, 6.07) is 21.4. The fraction of sp³-hybridized carbons (Fsp3) is 0.233. The molecule has 1 radical (unpaired) electrons. The van der Waals surface area contributed by atoms with E-state index in [9.17, 15) is 4.79 Å². The number of carboxylic acids is 1. The van der Waals surface area contributed by atoms with E-state index in [0.717, 1.165) is 50.7 Å². The zero-order chi connectivity index (χ0) is 25.3. The fourth-order valence-electron chi connectivity index (χ4n) is 4.50. The molecule has 0 aliphatic carbocycles. The smallest absolute Gasteiger partial charge is 0.354 e. The predicted molar refractivity (Wildman–Crippen MR) is 137 cm³/mol. The van der Waals surface area contributed by atoms with Gasteiger partial charge in [-0.1, -0.05) is 49.7 Å². The van der Waals surface area contributed by atoms with E-state index in [1.165, 1.54) is 5.56 Å². The molecule has 1 aliphatic rings. The largest absolute Gasteiger partial charge is 0.477 e. The van der Waals surface area contributed by atoms with E-state index < -0.39 is 5.97 Å². The van der Waals surface area contributed by atoms with Crippen molar-refractivity contribution in [2.75, 3.05) is 0 Å². The van der Waals surface area contributed by atoms with E-state index in [4.69, 9.17) is 9.84 Å². The number of carbonyl (C=O) groups is 1. The van der Waals surface area contributed by atoms with Gasteiger partial charge in [-0.05, 0) is 73.2 Å². The summed E-state index contributed by atoms with van der Waals surface area (Å²) in [7, 11) is 0. The molecule has 5 nitrogen and oxygen atoms in total. The van der Waals surface area contributed by atoms with Gasteiger partial charge in [-0.25, -0.2) is 9.78 Å². The minimum absolute atomic E-state index is 0. The van der Waals surface area contributed by atoms with E-state index in [1.54, 1.807) is 6.92 Å². The van der Waals surface area contributed by atoms with Crippen LogP contribution in [0.15, 0.2) is 60.8 Å². The molecule has 5 rings (SSSR count). The molecule has 2 aromatic heterocycles. The van der Waals surface area contributed by atoms with E-state index in [-0.39, 0.29) is 31.2 Å². The van der Waals surface area contributed by atoms with Gasteiger partial charge in [0, 0.05) is 32.0 Å². The van der Waals surface area contributed by atoms with Gasteiger partial charge < -0.3 is 14.8 Å². The Balaban J connectivity index is 0.000000223. The Morgan fingerprint density at radius 1 is 0.917 bits per heavy atom. The van der Waals surface area contributed by atoms with Crippen LogP contribution in [0.5, 0.6) is 11.5 Å². The summed E-state index contributed by atoms with van der Waals surface area (Å²) in [5.74, 6) is 0.866. The second-order valence-corrected chi connectivity index (χ2v) is 9.26. The average Bonchev–Trinajstić information content (AvgIpc) is 2.85. The fourth-order valence-corrected chi connectivity index (χ4v) is 4.50. The van der Waals surface area contributed by atoms with Gasteiger partial charge >= 0.3 is 5.97 Å². The summed E-state index contributed by atoms with van der Waals surface area (Å²) < 4.78 is 6.13. The first-order valence-corrected chi connectivity index (χ1v) is 11.5. The summed E-state index contributed by atoms with van der Waals surface area (Å²) >= 11 is 0. The summed E-state index contributed by atoms with van der Waals surface area (Å²) in [5.41, 5.74) is 7.93. The molecule has 1 N–H and O–H groups in total. The topological polar surface area (TPSA) is 72.3 Å². The van der Waals surface area contributed by atoms with Gasteiger partial charge in [0.25, 0.3) is 0 Å². The molecule has 3 heterocycles. The van der Waals surface area contributed by atoms with Crippen molar-refractivity contribution in [3.05, 3.63) is 106 Å². The summed E-state index contributed by atoms with van der Waals surface area (Å²) in [5, 5.41) is 8.84. The monoisotopic (exact) mass is 658 g/mol. The number of aromatic carboxylic acids is 1. The van der Waals surface area contributed by atoms with Crippen molar-refractivity contribution in [2.45, 2.75) is 47.0 Å². The normalized spacial score (nSPS) is 12.6. The third kappa shape index (κ3) is 4.97. The van der Waals surface area contributed by atoms with Crippen molar-refractivity contribution in [3.63, 3.8) is 0 Å². The summed E-state index contributed by atoms with van der Waals surface area (Å²) in [6.07, 6.45) is 1.81. The number of hydrogen-bond donors (Lipinski definition) is 1. The SMILES string of the molecule is CC1(C)c2ccccc2Oc2cc[c-]c(-c3ccccn3)c21.Cc1nc(C(=O)O)c(C)c(C)c1C.[Ir]. The summed E-state index contributed by atoms with van der Waals surface area (Å²) in [6.45, 7) is 12.0. The van der Waals surface area contributed by atoms with Crippen molar-refractivity contribution in [2.24, 2.45) is 0 Å². The maximum atomic E-state index is 10.8. The average molecular weight is 658 g/mol. The molecule has 0 fully saturated rings. The zero-order valence-corrected chi connectivity index (χ0v) is 23.7. The van der Waals surface area contributed by atoms with Crippen LogP contribution in [-0.2, 0) is 25.5 Å². The minimum Gasteiger partial charge on any atom is -0.477 e. The molecule has 0 unspecified atom stereocenters. The van der Waals surface area contributed by atoms with Crippen molar-refractivity contribution >= 4 is 5.97 Å². The Kier molecular flexibility index (Phi) is 8.12. The number of para-hydroxylation sites is 1. The number of rotatable bonds is 2. The number of benzene rings is 2. The number of ether oxygens (including phenoxy) is 1. The van der Waals surface area contributed by atoms with Gasteiger partial charge in [0.1, 0.15) is 5.75 Å². The molecule has 0 saturated carbocycles. The number of pyridine rings is 2. The van der Waals surface area contributed by atoms with E-state index in [0.29, 0.717) is 0 Å². The molecule has 36 heavy (non-hydrogen) atoms. The molecule has 0 spiro atoms. The Morgan fingerprint density at radius 3 is 2.28 bits per heavy atom. The van der Waals surface area contributed by atoms with Crippen molar-refractivity contribution in [3.8, 4) is 22.8 Å². The van der Waals surface area contributed by atoms with Gasteiger partial charge in [0.2, 0.25) is 0 Å². The maximum Gasteiger partial charge on any atom is 0.354 e. The summed E-state index contributed by atoms with van der Waals surface area (Å²) in [4.78, 5) is 19.3. The molecular formula is C30H29IrN2O3-. The molecule has 0 atom stereocenters. The van der Waals surface area contributed by atoms with Gasteiger partial charge in [0.15, 0.2) is 5.69 Å². The molecule has 1 aliphatic heterocycles. The van der Waals surface area contributed by atoms with Crippen LogP contribution in [-0.4, -0.2) is 21.0 Å². The number of aromatic nitrogens is 2. The maximum absolute atomic E-state index is 10.8. The third-order valence-corrected chi connectivity index (χ3v) is 6.79. The van der Waals surface area contributed by atoms with Crippen LogP contribution in [0.25, 0.3) is 11.3 Å². The molecule has 187 valence electrons. The van der Waals surface area contributed by atoms with Crippen molar-refractivity contribution in [1.82, 2.24) is 9.97 Å². The second-order valence-electron chi connectivity index (χ2n) is 9.26. The number of aryl methyl sites for hydroxylation is 1. The Bertz CT molecular complexity index is 1420. The molecule has 0 saturated heterocycles. The van der Waals surface area contributed by atoms with Crippen LogP contribution in [0.2, 0.25) is 0 Å². The second kappa shape index (κ2) is 10.7. The van der Waals surface area contributed by atoms with Crippen molar-refractivity contribution < 1.29 is 34.7 Å². The Labute approximate surface area is 226 Å². The standard InChI is InChI=1S/C20H16NO.C10H13NO2.Ir/c1-20(2)15-9-3-4-11-17(15)22-18-12-7-8-14(19(18)20)16-10-5-6-13-21-16;1-5-6(2)8(4)11-9(7(5)3)10(12)13;/h3-7,9-13H,1-2H3;1-4H3,(H,12,13);/q-1;;. The first-order chi connectivity index (χ1) is 16.6. The first kappa shape index (κ1) is 27.3. The molecule has 0 bridgehead atoms. The van der Waals surface area contributed by atoms with Gasteiger partial charge in [0.05, 0.1) is 5.75 Å². The molecule has 2 aromatic carbocycles. The van der Waals surface area contributed by atoms with Crippen LogP contribution in [0, 0.1) is 33.8 Å². The number of fused-ring (bicyclic) bond motifs is 2. The van der Waals surface area contributed by atoms with Crippen LogP contribution < -0.4 is 4.74 Å². The van der Waals surface area contributed by atoms with Crippen LogP contribution in [0.4, 0.5) is 0 Å². The zero-order valence-electron chi connectivity index (χ0n) is 21.3. The van der Waals surface area contributed by atoms with Crippen LogP contribution in [0.3, 0.4) is 0 Å². The third-order valence-electron chi connectivity index (χ3n) is 6.79. The number of nitrogens with zero attached hydrogens (tertiary/aromatic N) is 2. The Hall–Kier alpha value is -3.34. The Morgan fingerprint density at radius 2 is 1.61 bits per heavy atom. The molecule has 4 aromatic rings. The van der Waals surface area contributed by atoms with Crippen molar-refractivity contribution in [1.29, 1.82) is 0 Å². The van der Waals surface area contributed by atoms with E-state index in [1.807, 2.05) is 69.4 Å². The molecule has 6 heteroatoms. The van der Waals surface area contributed by atoms with Gasteiger partial charge in [-0.3, -0.25) is 0 Å². The van der Waals surface area contributed by atoms with Gasteiger partial charge in [-0.15, -0.1) is 23.8 Å². The minimum atomic E-state index is -0.955. The van der Waals surface area contributed by atoms with Crippen LogP contribution >= 0.6 is 0 Å².